The summed E-state index contributed by atoms with van der Waals surface area (Å²) in [5.74, 6) is 0. The monoisotopic (exact) mass is 225 g/mol. The molecule has 1 aromatic heterocycles. The summed E-state index contributed by atoms with van der Waals surface area (Å²) in [6.45, 7) is 5.27. The van der Waals surface area contributed by atoms with Gasteiger partial charge in [-0.2, -0.15) is 11.3 Å². The Hall–Kier alpha value is -0.380. The normalized spacial score (nSPS) is 28.7. The van der Waals surface area contributed by atoms with Crippen LogP contribution in [0.5, 0.6) is 0 Å². The number of nitrogens with one attached hydrogen (secondary N) is 1. The minimum absolute atomic E-state index is 0.0502. The Balaban J connectivity index is 1.71. The van der Waals surface area contributed by atoms with Crippen molar-refractivity contribution in [2.45, 2.75) is 38.8 Å². The van der Waals surface area contributed by atoms with Crippen LogP contribution in [0.2, 0.25) is 0 Å². The smallest absolute Gasteiger partial charge is 0.0621 e. The lowest BCUT2D eigenvalue weighted by atomic mass is 9.64. The van der Waals surface area contributed by atoms with Gasteiger partial charge in [-0.05, 0) is 41.8 Å². The van der Waals surface area contributed by atoms with E-state index in [-0.39, 0.29) is 11.5 Å². The maximum atomic E-state index is 9.59. The molecule has 1 aliphatic rings. The van der Waals surface area contributed by atoms with Crippen molar-refractivity contribution in [1.82, 2.24) is 5.32 Å². The first kappa shape index (κ1) is 11.1. The van der Waals surface area contributed by atoms with Gasteiger partial charge in [0, 0.05) is 11.5 Å². The van der Waals surface area contributed by atoms with Crippen molar-refractivity contribution in [3.63, 3.8) is 0 Å². The van der Waals surface area contributed by atoms with Gasteiger partial charge in [-0.1, -0.05) is 13.8 Å². The molecule has 2 unspecified atom stereocenters. The second-order valence-electron chi connectivity index (χ2n) is 4.96. The highest BCUT2D eigenvalue weighted by Crippen LogP contribution is 2.40. The van der Waals surface area contributed by atoms with E-state index in [0.29, 0.717) is 6.04 Å². The van der Waals surface area contributed by atoms with Crippen molar-refractivity contribution >= 4 is 11.3 Å². The Morgan fingerprint density at radius 3 is 2.93 bits per heavy atom. The fourth-order valence-electron chi connectivity index (χ4n) is 2.07. The molecule has 84 valence electrons. The largest absolute Gasteiger partial charge is 0.392 e. The van der Waals surface area contributed by atoms with Crippen molar-refractivity contribution in [3.05, 3.63) is 22.4 Å². The van der Waals surface area contributed by atoms with E-state index in [1.165, 1.54) is 5.56 Å². The third kappa shape index (κ3) is 2.25. The SMILES string of the molecule is CC1(C)C(O)CC1NCCc1ccsc1. The second kappa shape index (κ2) is 4.24. The van der Waals surface area contributed by atoms with Crippen LogP contribution in [0.15, 0.2) is 16.8 Å². The summed E-state index contributed by atoms with van der Waals surface area (Å²) < 4.78 is 0. The molecule has 2 atom stereocenters. The lowest BCUT2D eigenvalue weighted by Crippen LogP contribution is -2.60. The zero-order chi connectivity index (χ0) is 10.9. The topological polar surface area (TPSA) is 32.3 Å². The van der Waals surface area contributed by atoms with Crippen LogP contribution >= 0.6 is 11.3 Å². The predicted octanol–water partition coefficient (Wildman–Crippen LogP) is 2.04. The first-order valence-corrected chi connectivity index (χ1v) is 6.47. The van der Waals surface area contributed by atoms with Crippen LogP contribution in [0.25, 0.3) is 0 Å². The van der Waals surface area contributed by atoms with Gasteiger partial charge in [0.05, 0.1) is 6.10 Å². The minimum atomic E-state index is -0.129. The van der Waals surface area contributed by atoms with Crippen LogP contribution < -0.4 is 5.32 Å². The van der Waals surface area contributed by atoms with Crippen molar-refractivity contribution in [2.24, 2.45) is 5.41 Å². The summed E-state index contributed by atoms with van der Waals surface area (Å²) in [5.41, 5.74) is 1.46. The van der Waals surface area contributed by atoms with E-state index in [4.69, 9.17) is 0 Å². The Bertz CT molecular complexity index is 307. The van der Waals surface area contributed by atoms with Crippen LogP contribution in [0.3, 0.4) is 0 Å². The molecule has 1 aliphatic carbocycles. The summed E-state index contributed by atoms with van der Waals surface area (Å²) in [5, 5.41) is 17.4. The van der Waals surface area contributed by atoms with Crippen LogP contribution in [-0.2, 0) is 6.42 Å². The van der Waals surface area contributed by atoms with Gasteiger partial charge >= 0.3 is 0 Å². The fraction of sp³-hybridized carbons (Fsp3) is 0.667. The summed E-state index contributed by atoms with van der Waals surface area (Å²) in [7, 11) is 0. The maximum absolute atomic E-state index is 9.59. The number of aliphatic hydroxyl groups excluding tert-OH is 1. The quantitative estimate of drug-likeness (QED) is 0.822. The first-order valence-electron chi connectivity index (χ1n) is 5.53. The average Bonchev–Trinajstić information content (AvgIpc) is 2.69. The molecule has 1 heterocycles. The maximum Gasteiger partial charge on any atom is 0.0621 e. The van der Waals surface area contributed by atoms with E-state index in [1.54, 1.807) is 11.3 Å². The summed E-state index contributed by atoms with van der Waals surface area (Å²) in [6, 6.07) is 2.65. The number of hydrogen-bond donors (Lipinski definition) is 2. The third-order valence-electron chi connectivity index (χ3n) is 3.60. The highest BCUT2D eigenvalue weighted by molar-refractivity contribution is 7.07. The fourth-order valence-corrected chi connectivity index (χ4v) is 2.78. The van der Waals surface area contributed by atoms with Gasteiger partial charge < -0.3 is 10.4 Å². The number of aliphatic hydroxyl groups is 1. The second-order valence-corrected chi connectivity index (χ2v) is 5.74. The molecular weight excluding hydrogens is 206 g/mol. The molecule has 3 heteroatoms. The highest BCUT2D eigenvalue weighted by Gasteiger charge is 2.46. The third-order valence-corrected chi connectivity index (χ3v) is 4.33. The van der Waals surface area contributed by atoms with E-state index in [2.05, 4.69) is 36.0 Å². The standard InChI is InChI=1S/C12H19NOS/c1-12(2)10(7-11(12)14)13-5-3-9-4-6-15-8-9/h4,6,8,10-11,13-14H,3,5,7H2,1-2H3. The Morgan fingerprint density at radius 1 is 1.60 bits per heavy atom. The average molecular weight is 225 g/mol. The van der Waals surface area contributed by atoms with Crippen LogP contribution in [0, 0.1) is 5.41 Å². The van der Waals surface area contributed by atoms with Gasteiger partial charge in [-0.15, -0.1) is 0 Å². The van der Waals surface area contributed by atoms with Crippen molar-refractivity contribution in [1.29, 1.82) is 0 Å². The molecule has 0 bridgehead atoms. The van der Waals surface area contributed by atoms with Gasteiger partial charge in [0.15, 0.2) is 0 Å². The Morgan fingerprint density at radius 2 is 2.40 bits per heavy atom. The lowest BCUT2D eigenvalue weighted by Gasteiger charge is -2.49. The molecule has 2 rings (SSSR count). The predicted molar refractivity (Wildman–Crippen MR) is 64.2 cm³/mol. The number of rotatable bonds is 4. The molecule has 0 aliphatic heterocycles. The molecular formula is C12H19NOS. The van der Waals surface area contributed by atoms with Crippen molar-refractivity contribution in [3.8, 4) is 0 Å². The molecule has 1 aromatic rings. The van der Waals surface area contributed by atoms with E-state index in [9.17, 15) is 5.11 Å². The Labute approximate surface area is 95.3 Å². The molecule has 0 spiro atoms. The number of hydrogen-bond acceptors (Lipinski definition) is 3. The van der Waals surface area contributed by atoms with Crippen molar-refractivity contribution < 1.29 is 5.11 Å². The van der Waals surface area contributed by atoms with E-state index in [1.807, 2.05) is 0 Å². The summed E-state index contributed by atoms with van der Waals surface area (Å²) in [6.07, 6.45) is 1.86. The molecule has 0 radical (unpaired) electrons. The highest BCUT2D eigenvalue weighted by atomic mass is 32.1. The molecule has 0 amide bonds. The van der Waals surface area contributed by atoms with E-state index in [0.717, 1.165) is 19.4 Å². The molecule has 1 fully saturated rings. The summed E-state index contributed by atoms with van der Waals surface area (Å²) >= 11 is 1.75. The summed E-state index contributed by atoms with van der Waals surface area (Å²) in [4.78, 5) is 0. The first-order chi connectivity index (χ1) is 7.10. The van der Waals surface area contributed by atoms with Gasteiger partial charge in [0.1, 0.15) is 0 Å². The lowest BCUT2D eigenvalue weighted by molar-refractivity contribution is -0.0720. The molecule has 0 aromatic carbocycles. The number of thiophene rings is 1. The Kier molecular flexibility index (Phi) is 3.14. The van der Waals surface area contributed by atoms with Crippen LogP contribution in [-0.4, -0.2) is 23.8 Å². The zero-order valence-electron chi connectivity index (χ0n) is 9.36. The van der Waals surface area contributed by atoms with Crippen LogP contribution in [0.1, 0.15) is 25.8 Å². The van der Waals surface area contributed by atoms with Crippen molar-refractivity contribution in [2.75, 3.05) is 6.54 Å². The van der Waals surface area contributed by atoms with Gasteiger partial charge in [0.25, 0.3) is 0 Å². The molecule has 2 N–H and O–H groups in total. The van der Waals surface area contributed by atoms with Gasteiger partial charge in [-0.3, -0.25) is 0 Å². The van der Waals surface area contributed by atoms with E-state index >= 15 is 0 Å². The molecule has 1 saturated carbocycles. The van der Waals surface area contributed by atoms with Gasteiger partial charge in [-0.25, -0.2) is 0 Å². The minimum Gasteiger partial charge on any atom is -0.392 e. The molecule has 2 nitrogen and oxygen atoms in total. The van der Waals surface area contributed by atoms with Gasteiger partial charge in [0.2, 0.25) is 0 Å². The van der Waals surface area contributed by atoms with Crippen LogP contribution in [0.4, 0.5) is 0 Å². The zero-order valence-corrected chi connectivity index (χ0v) is 10.2. The van der Waals surface area contributed by atoms with E-state index < -0.39 is 0 Å². The molecule has 15 heavy (non-hydrogen) atoms. The molecule has 0 saturated heterocycles.